The minimum Gasteiger partial charge on any atom is -0.314 e. The smallest absolute Gasteiger partial charge is 0.0107 e. The van der Waals surface area contributed by atoms with Gasteiger partial charge in [0.2, 0.25) is 0 Å². The molecule has 0 aliphatic rings. The number of hydrogen-bond acceptors (Lipinski definition) is 1. The summed E-state index contributed by atoms with van der Waals surface area (Å²) in [6.07, 6.45) is 7.71. The normalized spacial score (nSPS) is 12.8. The molecule has 1 heteroatoms. The molecule has 1 aromatic rings. The molecule has 0 aliphatic carbocycles. The lowest BCUT2D eigenvalue weighted by Crippen LogP contribution is -2.31. The van der Waals surface area contributed by atoms with Crippen LogP contribution in [0.4, 0.5) is 0 Å². The van der Waals surface area contributed by atoms with Gasteiger partial charge in [0.15, 0.2) is 0 Å². The molecule has 0 aliphatic heterocycles. The van der Waals surface area contributed by atoms with Crippen LogP contribution in [0.1, 0.15) is 76.8 Å². The van der Waals surface area contributed by atoms with Gasteiger partial charge in [-0.1, -0.05) is 71.2 Å². The standard InChI is InChI=1S/C19H33N/c1-5-7-8-9-19(20-14-6-2)15-17-10-12-18(13-11-17)16(3)4/h10-13,16,19-20H,5-9,14-15H2,1-4H3. The van der Waals surface area contributed by atoms with Crippen molar-refractivity contribution in [2.75, 3.05) is 6.54 Å². The number of unbranched alkanes of at least 4 members (excludes halogenated alkanes) is 2. The van der Waals surface area contributed by atoms with Crippen molar-refractivity contribution >= 4 is 0 Å². The van der Waals surface area contributed by atoms with Gasteiger partial charge in [0.05, 0.1) is 0 Å². The van der Waals surface area contributed by atoms with Gasteiger partial charge in [0.1, 0.15) is 0 Å². The van der Waals surface area contributed by atoms with Crippen LogP contribution in [0.3, 0.4) is 0 Å². The van der Waals surface area contributed by atoms with E-state index in [9.17, 15) is 0 Å². The number of rotatable bonds is 10. The molecule has 0 heterocycles. The zero-order chi connectivity index (χ0) is 14.8. The van der Waals surface area contributed by atoms with Gasteiger partial charge in [-0.2, -0.15) is 0 Å². The summed E-state index contributed by atoms with van der Waals surface area (Å²) < 4.78 is 0. The van der Waals surface area contributed by atoms with Crippen LogP contribution in [0.5, 0.6) is 0 Å². The van der Waals surface area contributed by atoms with Gasteiger partial charge in [-0.15, -0.1) is 0 Å². The van der Waals surface area contributed by atoms with E-state index in [1.54, 1.807) is 0 Å². The van der Waals surface area contributed by atoms with Crippen molar-refractivity contribution in [3.8, 4) is 0 Å². The third-order valence-corrected chi connectivity index (χ3v) is 3.97. The van der Waals surface area contributed by atoms with Gasteiger partial charge in [-0.25, -0.2) is 0 Å². The SMILES string of the molecule is CCCCCC(Cc1ccc(C(C)C)cc1)NCCC. The van der Waals surface area contributed by atoms with Crippen LogP contribution in [-0.4, -0.2) is 12.6 Å². The fourth-order valence-corrected chi connectivity index (χ4v) is 2.59. The van der Waals surface area contributed by atoms with Gasteiger partial charge in [-0.05, 0) is 42.9 Å². The van der Waals surface area contributed by atoms with Crippen LogP contribution in [-0.2, 0) is 6.42 Å². The maximum absolute atomic E-state index is 3.71. The van der Waals surface area contributed by atoms with E-state index in [2.05, 4.69) is 57.3 Å². The second-order valence-corrected chi connectivity index (χ2v) is 6.25. The second-order valence-electron chi connectivity index (χ2n) is 6.25. The van der Waals surface area contributed by atoms with Crippen molar-refractivity contribution in [1.29, 1.82) is 0 Å². The highest BCUT2D eigenvalue weighted by Gasteiger charge is 2.09. The summed E-state index contributed by atoms with van der Waals surface area (Å²) in [5.74, 6) is 0.627. The zero-order valence-electron chi connectivity index (χ0n) is 13.9. The summed E-state index contributed by atoms with van der Waals surface area (Å²) in [6.45, 7) is 10.2. The van der Waals surface area contributed by atoms with E-state index in [0.29, 0.717) is 12.0 Å². The summed E-state index contributed by atoms with van der Waals surface area (Å²) in [7, 11) is 0. The van der Waals surface area contributed by atoms with Gasteiger partial charge in [0.25, 0.3) is 0 Å². The molecular formula is C19H33N. The molecule has 1 aromatic carbocycles. The van der Waals surface area contributed by atoms with Crippen molar-refractivity contribution in [3.63, 3.8) is 0 Å². The van der Waals surface area contributed by atoms with Crippen molar-refractivity contribution in [3.05, 3.63) is 35.4 Å². The van der Waals surface area contributed by atoms with Crippen LogP contribution in [0.15, 0.2) is 24.3 Å². The number of hydrogen-bond donors (Lipinski definition) is 1. The van der Waals surface area contributed by atoms with E-state index in [0.717, 1.165) is 6.54 Å². The molecule has 114 valence electrons. The molecular weight excluding hydrogens is 242 g/mol. The Morgan fingerprint density at radius 3 is 2.20 bits per heavy atom. The molecule has 1 unspecified atom stereocenters. The Balaban J connectivity index is 2.53. The average Bonchev–Trinajstić information content (AvgIpc) is 2.45. The fraction of sp³-hybridized carbons (Fsp3) is 0.684. The molecule has 0 spiro atoms. The minimum absolute atomic E-state index is 0.627. The predicted octanol–water partition coefficient (Wildman–Crippen LogP) is 5.30. The third kappa shape index (κ3) is 6.56. The van der Waals surface area contributed by atoms with E-state index in [-0.39, 0.29) is 0 Å². The summed E-state index contributed by atoms with van der Waals surface area (Å²) in [5.41, 5.74) is 2.91. The van der Waals surface area contributed by atoms with Gasteiger partial charge in [-0.3, -0.25) is 0 Å². The molecule has 0 saturated heterocycles. The lowest BCUT2D eigenvalue weighted by atomic mass is 9.97. The zero-order valence-corrected chi connectivity index (χ0v) is 13.9. The third-order valence-electron chi connectivity index (χ3n) is 3.97. The molecule has 0 radical (unpaired) electrons. The van der Waals surface area contributed by atoms with Crippen LogP contribution in [0.25, 0.3) is 0 Å². The maximum atomic E-state index is 3.71. The van der Waals surface area contributed by atoms with Crippen molar-refractivity contribution < 1.29 is 0 Å². The monoisotopic (exact) mass is 275 g/mol. The molecule has 1 atom stereocenters. The first-order chi connectivity index (χ1) is 9.67. The van der Waals surface area contributed by atoms with E-state index in [4.69, 9.17) is 0 Å². The van der Waals surface area contributed by atoms with Crippen LogP contribution in [0, 0.1) is 0 Å². The molecule has 0 aromatic heterocycles. The van der Waals surface area contributed by atoms with Crippen molar-refractivity contribution in [2.24, 2.45) is 0 Å². The predicted molar refractivity (Wildman–Crippen MR) is 90.5 cm³/mol. The van der Waals surface area contributed by atoms with E-state index >= 15 is 0 Å². The molecule has 0 bridgehead atoms. The van der Waals surface area contributed by atoms with Gasteiger partial charge in [0, 0.05) is 6.04 Å². The molecule has 0 fully saturated rings. The largest absolute Gasteiger partial charge is 0.314 e. The Morgan fingerprint density at radius 1 is 0.950 bits per heavy atom. The molecule has 1 nitrogen and oxygen atoms in total. The quantitative estimate of drug-likeness (QED) is 0.571. The first-order valence-electron chi connectivity index (χ1n) is 8.49. The van der Waals surface area contributed by atoms with Crippen molar-refractivity contribution in [2.45, 2.75) is 78.2 Å². The number of nitrogens with one attached hydrogen (secondary N) is 1. The first kappa shape index (κ1) is 17.2. The maximum Gasteiger partial charge on any atom is 0.0107 e. The van der Waals surface area contributed by atoms with Crippen LogP contribution < -0.4 is 5.32 Å². The first-order valence-corrected chi connectivity index (χ1v) is 8.49. The minimum atomic E-state index is 0.627. The highest BCUT2D eigenvalue weighted by Crippen LogP contribution is 2.16. The Hall–Kier alpha value is -0.820. The average molecular weight is 275 g/mol. The molecule has 1 N–H and O–H groups in total. The van der Waals surface area contributed by atoms with E-state index in [1.165, 1.54) is 49.7 Å². The van der Waals surface area contributed by atoms with Gasteiger partial charge >= 0.3 is 0 Å². The highest BCUT2D eigenvalue weighted by molar-refractivity contribution is 5.25. The Bertz CT molecular complexity index is 339. The van der Waals surface area contributed by atoms with Crippen LogP contribution >= 0.6 is 0 Å². The highest BCUT2D eigenvalue weighted by atomic mass is 14.9. The summed E-state index contributed by atoms with van der Waals surface area (Å²) in [4.78, 5) is 0. The van der Waals surface area contributed by atoms with Gasteiger partial charge < -0.3 is 5.32 Å². The van der Waals surface area contributed by atoms with Crippen molar-refractivity contribution in [1.82, 2.24) is 5.32 Å². The Labute approximate surface area is 126 Å². The summed E-state index contributed by atoms with van der Waals surface area (Å²) in [5, 5.41) is 3.71. The Morgan fingerprint density at radius 2 is 1.65 bits per heavy atom. The summed E-state index contributed by atoms with van der Waals surface area (Å²) >= 11 is 0. The lowest BCUT2D eigenvalue weighted by Gasteiger charge is -2.19. The summed E-state index contributed by atoms with van der Waals surface area (Å²) in [6, 6.07) is 9.86. The topological polar surface area (TPSA) is 12.0 Å². The second kappa shape index (κ2) is 9.99. The fourth-order valence-electron chi connectivity index (χ4n) is 2.59. The van der Waals surface area contributed by atoms with Crippen LogP contribution in [0.2, 0.25) is 0 Å². The Kier molecular flexibility index (Phi) is 8.60. The van der Waals surface area contributed by atoms with E-state index < -0.39 is 0 Å². The molecule has 1 rings (SSSR count). The molecule has 0 amide bonds. The lowest BCUT2D eigenvalue weighted by molar-refractivity contribution is 0.456. The number of benzene rings is 1. The van der Waals surface area contributed by atoms with E-state index in [1.807, 2.05) is 0 Å². The molecule has 20 heavy (non-hydrogen) atoms. The molecule has 0 saturated carbocycles.